The Morgan fingerprint density at radius 1 is 1.25 bits per heavy atom. The molecule has 82 valence electrons. The van der Waals surface area contributed by atoms with Gasteiger partial charge in [-0.1, -0.05) is 25.1 Å². The zero-order valence-electron chi connectivity index (χ0n) is 9.66. The molecule has 1 atom stereocenters. The number of hydrogen-bond donors (Lipinski definition) is 1. The van der Waals surface area contributed by atoms with Crippen LogP contribution in [0.25, 0.3) is 16.5 Å². The highest BCUT2D eigenvalue weighted by molar-refractivity contribution is 5.83. The lowest BCUT2D eigenvalue weighted by molar-refractivity contribution is 0.534. The van der Waals surface area contributed by atoms with Crippen molar-refractivity contribution in [3.05, 3.63) is 42.1 Å². The standard InChI is InChI=1S/C15H17N/c1-11-2-4-12(5-3-11)14-7-6-13-8-9-16-15(13)10-14/h4,6-11,16H,2-3,5H2,1H3. The first-order valence-electron chi connectivity index (χ1n) is 6.09. The molecule has 1 heteroatoms. The maximum atomic E-state index is 3.28. The molecule has 1 aromatic heterocycles. The lowest BCUT2D eigenvalue weighted by atomic mass is 9.87. The molecule has 3 rings (SSSR count). The Hall–Kier alpha value is -1.50. The van der Waals surface area contributed by atoms with Gasteiger partial charge in [-0.25, -0.2) is 0 Å². The second kappa shape index (κ2) is 3.82. The maximum absolute atomic E-state index is 3.28. The van der Waals surface area contributed by atoms with Crippen LogP contribution in [0.1, 0.15) is 31.7 Å². The molecule has 0 saturated carbocycles. The molecule has 0 bridgehead atoms. The number of H-pyrrole nitrogens is 1. The minimum absolute atomic E-state index is 0.859. The third kappa shape index (κ3) is 1.67. The van der Waals surface area contributed by atoms with Gasteiger partial charge >= 0.3 is 0 Å². The number of hydrogen-bond acceptors (Lipinski definition) is 0. The molecular weight excluding hydrogens is 194 g/mol. The van der Waals surface area contributed by atoms with Gasteiger partial charge in [0.05, 0.1) is 0 Å². The lowest BCUT2D eigenvalue weighted by Gasteiger charge is -2.18. The fraction of sp³-hybridized carbons (Fsp3) is 0.333. The van der Waals surface area contributed by atoms with E-state index in [2.05, 4.69) is 42.2 Å². The smallest absolute Gasteiger partial charge is 0.0460 e. The zero-order valence-corrected chi connectivity index (χ0v) is 9.66. The van der Waals surface area contributed by atoms with Gasteiger partial charge in [0.2, 0.25) is 0 Å². The highest BCUT2D eigenvalue weighted by Crippen LogP contribution is 2.31. The summed E-state index contributed by atoms with van der Waals surface area (Å²) in [6, 6.07) is 8.85. The summed E-state index contributed by atoms with van der Waals surface area (Å²) in [4.78, 5) is 3.28. The van der Waals surface area contributed by atoms with E-state index in [9.17, 15) is 0 Å². The number of fused-ring (bicyclic) bond motifs is 1. The number of allylic oxidation sites excluding steroid dienone is 2. The van der Waals surface area contributed by atoms with Gasteiger partial charge in [-0.05, 0) is 53.8 Å². The van der Waals surface area contributed by atoms with Crippen LogP contribution in [0.5, 0.6) is 0 Å². The van der Waals surface area contributed by atoms with Crippen molar-refractivity contribution in [2.75, 3.05) is 0 Å². The highest BCUT2D eigenvalue weighted by Gasteiger charge is 2.11. The van der Waals surface area contributed by atoms with Crippen LogP contribution in [0.4, 0.5) is 0 Å². The van der Waals surface area contributed by atoms with Crippen molar-refractivity contribution in [3.63, 3.8) is 0 Å². The molecule has 0 spiro atoms. The Bertz CT molecular complexity index is 533. The van der Waals surface area contributed by atoms with E-state index < -0.39 is 0 Å². The number of rotatable bonds is 1. The molecule has 0 radical (unpaired) electrons. The summed E-state index contributed by atoms with van der Waals surface area (Å²) in [5.41, 5.74) is 4.16. The van der Waals surface area contributed by atoms with E-state index in [0.29, 0.717) is 0 Å². The SMILES string of the molecule is CC1CC=C(c2ccc3cc[nH]c3c2)CC1. The van der Waals surface area contributed by atoms with E-state index in [-0.39, 0.29) is 0 Å². The average molecular weight is 211 g/mol. The predicted octanol–water partition coefficient (Wildman–Crippen LogP) is 4.37. The normalized spacial score (nSPS) is 21.1. The molecule has 16 heavy (non-hydrogen) atoms. The minimum atomic E-state index is 0.859. The Morgan fingerprint density at radius 3 is 3.00 bits per heavy atom. The summed E-state index contributed by atoms with van der Waals surface area (Å²) in [7, 11) is 0. The van der Waals surface area contributed by atoms with Gasteiger partial charge in [-0.2, -0.15) is 0 Å². The molecule has 1 N–H and O–H groups in total. The van der Waals surface area contributed by atoms with Crippen LogP contribution in [0, 0.1) is 5.92 Å². The Balaban J connectivity index is 1.99. The van der Waals surface area contributed by atoms with Gasteiger partial charge < -0.3 is 4.98 Å². The van der Waals surface area contributed by atoms with E-state index in [1.807, 2.05) is 6.20 Å². The van der Waals surface area contributed by atoms with Crippen molar-refractivity contribution in [3.8, 4) is 0 Å². The summed E-state index contributed by atoms with van der Waals surface area (Å²) in [6.07, 6.45) is 8.21. The van der Waals surface area contributed by atoms with Gasteiger partial charge in [0, 0.05) is 11.7 Å². The second-order valence-electron chi connectivity index (χ2n) is 4.89. The minimum Gasteiger partial charge on any atom is -0.361 e. The van der Waals surface area contributed by atoms with E-state index >= 15 is 0 Å². The van der Waals surface area contributed by atoms with Gasteiger partial charge in [-0.3, -0.25) is 0 Å². The summed E-state index contributed by atoms with van der Waals surface area (Å²) in [5.74, 6) is 0.859. The van der Waals surface area contributed by atoms with Crippen molar-refractivity contribution in [2.24, 2.45) is 5.92 Å². The molecule has 0 amide bonds. The molecule has 1 heterocycles. The van der Waals surface area contributed by atoms with Crippen molar-refractivity contribution in [1.82, 2.24) is 4.98 Å². The van der Waals surface area contributed by atoms with Crippen molar-refractivity contribution in [2.45, 2.75) is 26.2 Å². The third-order valence-electron chi connectivity index (χ3n) is 3.60. The van der Waals surface area contributed by atoms with Crippen LogP contribution in [-0.4, -0.2) is 4.98 Å². The maximum Gasteiger partial charge on any atom is 0.0460 e. The zero-order chi connectivity index (χ0) is 11.0. The number of aromatic amines is 1. The van der Waals surface area contributed by atoms with E-state index in [4.69, 9.17) is 0 Å². The van der Waals surface area contributed by atoms with Crippen LogP contribution in [0.2, 0.25) is 0 Å². The molecule has 1 nitrogen and oxygen atoms in total. The Labute approximate surface area is 96.2 Å². The molecule has 1 aliphatic carbocycles. The number of aromatic nitrogens is 1. The highest BCUT2D eigenvalue weighted by atomic mass is 14.7. The monoisotopic (exact) mass is 211 g/mol. The summed E-state index contributed by atoms with van der Waals surface area (Å²) in [5, 5.41) is 1.30. The third-order valence-corrected chi connectivity index (χ3v) is 3.60. The molecule has 2 aromatic rings. The first kappa shape index (κ1) is 9.71. The predicted molar refractivity (Wildman–Crippen MR) is 69.3 cm³/mol. The Kier molecular flexibility index (Phi) is 2.32. The van der Waals surface area contributed by atoms with Crippen LogP contribution >= 0.6 is 0 Å². The van der Waals surface area contributed by atoms with Crippen LogP contribution in [0.15, 0.2) is 36.5 Å². The molecule has 0 saturated heterocycles. The van der Waals surface area contributed by atoms with E-state index in [1.165, 1.54) is 41.3 Å². The van der Waals surface area contributed by atoms with Gasteiger partial charge in [0.1, 0.15) is 0 Å². The van der Waals surface area contributed by atoms with E-state index in [1.54, 1.807) is 0 Å². The molecule has 1 aromatic carbocycles. The largest absolute Gasteiger partial charge is 0.361 e. The molecular formula is C15H17N. The van der Waals surface area contributed by atoms with Gasteiger partial charge in [0.25, 0.3) is 0 Å². The molecule has 1 unspecified atom stereocenters. The quantitative estimate of drug-likeness (QED) is 0.721. The van der Waals surface area contributed by atoms with E-state index in [0.717, 1.165) is 5.92 Å². The van der Waals surface area contributed by atoms with Crippen LogP contribution in [0.3, 0.4) is 0 Å². The molecule has 0 aliphatic heterocycles. The van der Waals surface area contributed by atoms with Crippen molar-refractivity contribution in [1.29, 1.82) is 0 Å². The number of nitrogens with one attached hydrogen (secondary N) is 1. The average Bonchev–Trinajstić information content (AvgIpc) is 2.77. The molecule has 0 fully saturated rings. The summed E-state index contributed by atoms with van der Waals surface area (Å²) in [6.45, 7) is 2.33. The number of benzene rings is 1. The first-order valence-corrected chi connectivity index (χ1v) is 6.09. The fourth-order valence-electron chi connectivity index (χ4n) is 2.48. The fourth-order valence-corrected chi connectivity index (χ4v) is 2.48. The molecule has 1 aliphatic rings. The first-order chi connectivity index (χ1) is 7.83. The van der Waals surface area contributed by atoms with Crippen LogP contribution in [-0.2, 0) is 0 Å². The van der Waals surface area contributed by atoms with Crippen molar-refractivity contribution >= 4 is 16.5 Å². The summed E-state index contributed by atoms with van der Waals surface area (Å²) < 4.78 is 0. The van der Waals surface area contributed by atoms with Gasteiger partial charge in [-0.15, -0.1) is 0 Å². The topological polar surface area (TPSA) is 15.8 Å². The Morgan fingerprint density at radius 2 is 2.19 bits per heavy atom. The van der Waals surface area contributed by atoms with Gasteiger partial charge in [0.15, 0.2) is 0 Å². The van der Waals surface area contributed by atoms with Crippen molar-refractivity contribution < 1.29 is 0 Å². The summed E-state index contributed by atoms with van der Waals surface area (Å²) >= 11 is 0. The second-order valence-corrected chi connectivity index (χ2v) is 4.89. The lowest BCUT2D eigenvalue weighted by Crippen LogP contribution is -2.00. The van der Waals surface area contributed by atoms with Crippen LogP contribution < -0.4 is 0 Å².